The topological polar surface area (TPSA) is 87.2 Å². The summed E-state index contributed by atoms with van der Waals surface area (Å²) in [6.07, 6.45) is 2.50. The molecule has 204 valence electrons. The molecule has 8 nitrogen and oxygen atoms in total. The number of aryl methyl sites for hydroxylation is 2. The van der Waals surface area contributed by atoms with Gasteiger partial charge in [0.15, 0.2) is 17.3 Å². The van der Waals surface area contributed by atoms with Crippen LogP contribution in [0.1, 0.15) is 53.5 Å². The van der Waals surface area contributed by atoms with Gasteiger partial charge in [0.25, 0.3) is 0 Å². The van der Waals surface area contributed by atoms with E-state index < -0.39 is 5.91 Å². The van der Waals surface area contributed by atoms with E-state index in [0.717, 1.165) is 21.2 Å². The third-order valence-corrected chi connectivity index (χ3v) is 6.96. The summed E-state index contributed by atoms with van der Waals surface area (Å²) in [5, 5.41) is 4.07. The number of hydrazone groups is 1. The van der Waals surface area contributed by atoms with Gasteiger partial charge in [-0.1, -0.05) is 6.92 Å². The molecule has 2 heterocycles. The fourth-order valence-corrected chi connectivity index (χ4v) is 4.69. The molecule has 0 fully saturated rings. The van der Waals surface area contributed by atoms with Crippen LogP contribution in [0.25, 0.3) is 5.69 Å². The lowest BCUT2D eigenvalue weighted by Crippen LogP contribution is -2.17. The number of carbonyl (C=O) groups excluding carboxylic acids is 1. The highest BCUT2D eigenvalue weighted by Crippen LogP contribution is 2.34. The van der Waals surface area contributed by atoms with E-state index in [1.807, 2.05) is 43.3 Å². The molecule has 0 unspecified atom stereocenters. The number of carbonyl (C=O) groups is 1. The van der Waals surface area contributed by atoms with Crippen LogP contribution in [0.15, 0.2) is 70.2 Å². The summed E-state index contributed by atoms with van der Waals surface area (Å²) < 4.78 is 26.0. The first-order chi connectivity index (χ1) is 18.8. The summed E-state index contributed by atoms with van der Waals surface area (Å²) in [6.45, 7) is 8.42. The van der Waals surface area contributed by atoms with Crippen LogP contribution in [-0.2, 0) is 6.61 Å². The molecular weight excluding hydrogens is 609 g/mol. The summed E-state index contributed by atoms with van der Waals surface area (Å²) in [5.74, 6) is 2.22. The van der Waals surface area contributed by atoms with Crippen molar-refractivity contribution in [2.45, 2.75) is 46.8 Å². The molecule has 0 spiro atoms. The zero-order valence-corrected chi connectivity index (χ0v) is 24.8. The summed E-state index contributed by atoms with van der Waals surface area (Å²) in [5.41, 5.74) is 6.67. The number of hydrogen-bond donors (Lipinski definition) is 1. The molecule has 0 aliphatic rings. The third kappa shape index (κ3) is 7.03. The molecule has 0 aliphatic carbocycles. The molecule has 4 rings (SSSR count). The zero-order chi connectivity index (χ0) is 27.9. The van der Waals surface area contributed by atoms with E-state index in [9.17, 15) is 4.79 Å². The number of benzene rings is 2. The van der Waals surface area contributed by atoms with Crippen molar-refractivity contribution >= 4 is 34.7 Å². The summed E-state index contributed by atoms with van der Waals surface area (Å²) >= 11 is 2.20. The Hall–Kier alpha value is -3.73. The molecule has 2 aromatic heterocycles. The van der Waals surface area contributed by atoms with Crippen molar-refractivity contribution in [2.75, 3.05) is 7.11 Å². The largest absolute Gasteiger partial charge is 0.493 e. The predicted octanol–water partition coefficient (Wildman–Crippen LogP) is 6.82. The average molecular weight is 642 g/mol. The molecule has 1 amide bonds. The molecule has 1 atom stereocenters. The second-order valence-corrected chi connectivity index (χ2v) is 10.2. The number of ether oxygens (including phenoxy) is 3. The quantitative estimate of drug-likeness (QED) is 0.110. The van der Waals surface area contributed by atoms with E-state index in [0.29, 0.717) is 23.0 Å². The third-order valence-electron chi connectivity index (χ3n) is 6.16. The van der Waals surface area contributed by atoms with Crippen molar-refractivity contribution < 1.29 is 23.4 Å². The van der Waals surface area contributed by atoms with Gasteiger partial charge >= 0.3 is 5.91 Å². The molecule has 0 bridgehead atoms. The smallest absolute Gasteiger partial charge is 0.307 e. The Morgan fingerprint density at radius 1 is 1.10 bits per heavy atom. The molecule has 0 radical (unpaired) electrons. The predicted molar refractivity (Wildman–Crippen MR) is 159 cm³/mol. The number of furan rings is 1. The lowest BCUT2D eigenvalue weighted by molar-refractivity contribution is 0.0923. The summed E-state index contributed by atoms with van der Waals surface area (Å²) in [7, 11) is 1.59. The Bertz CT molecular complexity index is 1440. The average Bonchev–Trinajstić information content (AvgIpc) is 3.55. The van der Waals surface area contributed by atoms with Crippen molar-refractivity contribution in [3.8, 4) is 22.9 Å². The van der Waals surface area contributed by atoms with Crippen molar-refractivity contribution in [2.24, 2.45) is 5.10 Å². The number of aromatic nitrogens is 1. The first kappa shape index (κ1) is 28.3. The van der Waals surface area contributed by atoms with Crippen LogP contribution in [0.5, 0.6) is 17.2 Å². The highest BCUT2D eigenvalue weighted by molar-refractivity contribution is 14.1. The first-order valence-electron chi connectivity index (χ1n) is 12.6. The lowest BCUT2D eigenvalue weighted by Gasteiger charge is -2.17. The van der Waals surface area contributed by atoms with E-state index in [1.165, 1.54) is 11.4 Å². The van der Waals surface area contributed by atoms with Gasteiger partial charge in [-0.15, -0.1) is 0 Å². The van der Waals surface area contributed by atoms with Gasteiger partial charge in [-0.05, 0) is 116 Å². The Kier molecular flexibility index (Phi) is 9.34. The lowest BCUT2D eigenvalue weighted by atomic mass is 10.2. The minimum atomic E-state index is -0.460. The standard InChI is InChI=1S/C30H32IN3O5/c1-6-21(4)38-29-26(31)15-22(16-28(29)36-5)17-32-33-30(35)27-14-13-25(39-27)18-37-24-11-9-23(10-12-24)34-19(2)7-8-20(34)3/h7-17,21H,6,18H2,1-5H3,(H,33,35)/b32-17+/t21-/m0/s1. The fraction of sp³-hybridized carbons (Fsp3) is 0.267. The SMILES string of the molecule is CC[C@H](C)Oc1c(I)cc(/C=N/NC(=O)c2ccc(COc3ccc(-n4c(C)ccc4C)cc3)o2)cc1OC. The highest BCUT2D eigenvalue weighted by Gasteiger charge is 2.14. The van der Waals surface area contributed by atoms with Crippen molar-refractivity contribution in [3.63, 3.8) is 0 Å². The minimum Gasteiger partial charge on any atom is -0.493 e. The van der Waals surface area contributed by atoms with Gasteiger partial charge < -0.3 is 23.2 Å². The molecule has 4 aromatic rings. The Morgan fingerprint density at radius 3 is 2.49 bits per heavy atom. The van der Waals surface area contributed by atoms with Crippen molar-refractivity contribution in [3.05, 3.63) is 92.7 Å². The maximum atomic E-state index is 12.5. The van der Waals surface area contributed by atoms with Gasteiger partial charge in [0.2, 0.25) is 0 Å². The van der Waals surface area contributed by atoms with Gasteiger partial charge in [0.05, 0.1) is 23.0 Å². The van der Waals surface area contributed by atoms with Crippen LogP contribution >= 0.6 is 22.6 Å². The van der Waals surface area contributed by atoms with Crippen LogP contribution in [0.2, 0.25) is 0 Å². The number of methoxy groups -OCH3 is 1. The van der Waals surface area contributed by atoms with Gasteiger partial charge in [0.1, 0.15) is 18.1 Å². The van der Waals surface area contributed by atoms with Crippen LogP contribution in [0, 0.1) is 17.4 Å². The normalized spacial score (nSPS) is 11.9. The van der Waals surface area contributed by atoms with Gasteiger partial charge in [-0.3, -0.25) is 4.79 Å². The summed E-state index contributed by atoms with van der Waals surface area (Å²) in [6, 6.07) is 19.1. The molecule has 0 saturated carbocycles. The van der Waals surface area contributed by atoms with E-state index in [-0.39, 0.29) is 18.5 Å². The van der Waals surface area contributed by atoms with Gasteiger partial charge in [-0.2, -0.15) is 5.10 Å². The number of halogens is 1. The molecule has 39 heavy (non-hydrogen) atoms. The molecule has 0 saturated heterocycles. The Morgan fingerprint density at radius 2 is 1.82 bits per heavy atom. The van der Waals surface area contributed by atoms with Crippen molar-refractivity contribution in [1.29, 1.82) is 0 Å². The number of nitrogens with zero attached hydrogens (tertiary/aromatic N) is 2. The number of amides is 1. The van der Waals surface area contributed by atoms with Crippen LogP contribution < -0.4 is 19.6 Å². The Labute approximate surface area is 242 Å². The van der Waals surface area contributed by atoms with Crippen LogP contribution in [-0.4, -0.2) is 29.9 Å². The maximum Gasteiger partial charge on any atom is 0.307 e. The first-order valence-corrected chi connectivity index (χ1v) is 13.7. The number of rotatable bonds is 11. The van der Waals surface area contributed by atoms with Crippen LogP contribution in [0.3, 0.4) is 0 Å². The molecule has 2 aromatic carbocycles. The maximum absolute atomic E-state index is 12.5. The van der Waals surface area contributed by atoms with E-state index in [1.54, 1.807) is 25.5 Å². The number of nitrogens with one attached hydrogen (secondary N) is 1. The van der Waals surface area contributed by atoms with Crippen molar-refractivity contribution in [1.82, 2.24) is 9.99 Å². The molecular formula is C30H32IN3O5. The highest BCUT2D eigenvalue weighted by atomic mass is 127. The fourth-order valence-electron chi connectivity index (χ4n) is 3.93. The van der Waals surface area contributed by atoms with Crippen LogP contribution in [0.4, 0.5) is 0 Å². The number of hydrogen-bond acceptors (Lipinski definition) is 6. The summed E-state index contributed by atoms with van der Waals surface area (Å²) in [4.78, 5) is 12.5. The van der Waals surface area contributed by atoms with E-state index in [2.05, 4.69) is 70.6 Å². The monoisotopic (exact) mass is 641 g/mol. The van der Waals surface area contributed by atoms with Gasteiger partial charge in [0, 0.05) is 17.1 Å². The molecule has 0 aliphatic heterocycles. The molecule has 1 N–H and O–H groups in total. The molecule has 9 heteroatoms. The van der Waals surface area contributed by atoms with E-state index >= 15 is 0 Å². The Balaban J connectivity index is 1.32. The second kappa shape index (κ2) is 12.9. The van der Waals surface area contributed by atoms with Gasteiger partial charge in [-0.25, -0.2) is 5.43 Å². The second-order valence-electron chi connectivity index (χ2n) is 9.07. The minimum absolute atomic E-state index is 0.0686. The van der Waals surface area contributed by atoms with E-state index in [4.69, 9.17) is 18.6 Å². The zero-order valence-electron chi connectivity index (χ0n) is 22.7.